The molecule has 4 rings (SSSR count). The lowest BCUT2D eigenvalue weighted by atomic mass is 10.0. The summed E-state index contributed by atoms with van der Waals surface area (Å²) < 4.78 is 2.57. The van der Waals surface area contributed by atoms with Crippen molar-refractivity contribution in [3.8, 4) is 28.2 Å². The highest BCUT2D eigenvalue weighted by atomic mass is 79.9. The Balaban J connectivity index is 2.04. The van der Waals surface area contributed by atoms with Crippen molar-refractivity contribution in [2.45, 2.75) is 0 Å². The fourth-order valence-corrected chi connectivity index (χ4v) is 3.45. The minimum absolute atomic E-state index is 0.156. The van der Waals surface area contributed by atoms with Gasteiger partial charge in [-0.05, 0) is 36.4 Å². The first-order valence-electron chi connectivity index (χ1n) is 8.48. The smallest absolute Gasteiger partial charge is 0.340 e. The molecule has 1 heterocycles. The molecule has 4 nitrogen and oxygen atoms in total. The molecule has 3 aromatic carbocycles. The number of aromatic nitrogens is 2. The summed E-state index contributed by atoms with van der Waals surface area (Å²) in [6.07, 6.45) is 0. The van der Waals surface area contributed by atoms with Crippen LogP contribution in [-0.4, -0.2) is 20.9 Å². The van der Waals surface area contributed by atoms with E-state index in [1.807, 2.05) is 66.7 Å². The summed E-state index contributed by atoms with van der Waals surface area (Å²) in [4.78, 5) is 12.3. The van der Waals surface area contributed by atoms with Gasteiger partial charge in [-0.15, -0.1) is 0 Å². The number of halogens is 2. The third kappa shape index (κ3) is 3.46. The molecule has 138 valence electrons. The van der Waals surface area contributed by atoms with Crippen LogP contribution in [0.25, 0.3) is 28.2 Å². The van der Waals surface area contributed by atoms with Crippen LogP contribution in [-0.2, 0) is 0 Å². The van der Waals surface area contributed by atoms with Crippen molar-refractivity contribution in [2.75, 3.05) is 0 Å². The predicted octanol–water partition coefficient (Wildman–Crippen LogP) is 6.32. The summed E-state index contributed by atoms with van der Waals surface area (Å²) in [7, 11) is 0. The lowest BCUT2D eigenvalue weighted by Gasteiger charge is -2.09. The first kappa shape index (κ1) is 18.5. The number of aromatic carboxylic acids is 1. The molecule has 6 heteroatoms. The monoisotopic (exact) mass is 452 g/mol. The first-order valence-corrected chi connectivity index (χ1v) is 9.65. The molecule has 0 spiro atoms. The van der Waals surface area contributed by atoms with Crippen LogP contribution in [0.4, 0.5) is 0 Å². The molecule has 0 amide bonds. The molecule has 1 aromatic heterocycles. The number of nitrogens with zero attached hydrogens (tertiary/aromatic N) is 2. The van der Waals surface area contributed by atoms with Crippen molar-refractivity contribution in [1.29, 1.82) is 0 Å². The van der Waals surface area contributed by atoms with Gasteiger partial charge in [0.1, 0.15) is 11.3 Å². The highest BCUT2D eigenvalue weighted by Gasteiger charge is 2.26. The lowest BCUT2D eigenvalue weighted by molar-refractivity contribution is 0.0698. The van der Waals surface area contributed by atoms with Crippen molar-refractivity contribution >= 4 is 33.5 Å². The highest BCUT2D eigenvalue weighted by Crippen LogP contribution is 2.35. The van der Waals surface area contributed by atoms with Crippen molar-refractivity contribution < 1.29 is 9.90 Å². The van der Waals surface area contributed by atoms with E-state index in [0.29, 0.717) is 16.4 Å². The van der Waals surface area contributed by atoms with E-state index in [9.17, 15) is 9.90 Å². The second-order valence-corrected chi connectivity index (χ2v) is 7.49. The molecule has 0 fully saturated rings. The van der Waals surface area contributed by atoms with Crippen LogP contribution in [0, 0.1) is 0 Å². The zero-order valence-corrected chi connectivity index (χ0v) is 16.9. The Labute approximate surface area is 175 Å². The van der Waals surface area contributed by atoms with Gasteiger partial charge in [0, 0.05) is 20.6 Å². The Morgan fingerprint density at radius 3 is 2.14 bits per heavy atom. The quantitative estimate of drug-likeness (QED) is 0.393. The maximum Gasteiger partial charge on any atom is 0.340 e. The topological polar surface area (TPSA) is 55.1 Å². The Hall–Kier alpha value is -2.89. The van der Waals surface area contributed by atoms with E-state index in [1.165, 1.54) is 0 Å². The normalized spacial score (nSPS) is 10.8. The molecule has 0 atom stereocenters. The molecule has 0 aliphatic carbocycles. The Morgan fingerprint density at radius 1 is 0.893 bits per heavy atom. The molecule has 0 aliphatic heterocycles. The van der Waals surface area contributed by atoms with Crippen LogP contribution >= 0.6 is 27.5 Å². The molecule has 0 unspecified atom stereocenters. The standard InChI is InChI=1S/C22H14BrClN2O2/c23-16-8-6-14(7-9-16)20-19(22(27)28)21(15-4-2-1-3-5-15)26(25-20)18-12-10-17(24)11-13-18/h1-13H,(H,27,28). The van der Waals surface area contributed by atoms with Crippen molar-refractivity contribution in [2.24, 2.45) is 0 Å². The van der Waals surface area contributed by atoms with E-state index >= 15 is 0 Å². The van der Waals surface area contributed by atoms with E-state index in [-0.39, 0.29) is 5.56 Å². The predicted molar refractivity (Wildman–Crippen MR) is 114 cm³/mol. The van der Waals surface area contributed by atoms with Crippen LogP contribution in [0.2, 0.25) is 5.02 Å². The van der Waals surface area contributed by atoms with Gasteiger partial charge in [-0.2, -0.15) is 5.10 Å². The van der Waals surface area contributed by atoms with Gasteiger partial charge in [-0.3, -0.25) is 0 Å². The number of carboxylic acids is 1. The van der Waals surface area contributed by atoms with Gasteiger partial charge in [0.2, 0.25) is 0 Å². The Bertz CT molecular complexity index is 1140. The summed E-state index contributed by atoms with van der Waals surface area (Å²) in [5.41, 5.74) is 3.32. The maximum atomic E-state index is 12.3. The molecular weight excluding hydrogens is 440 g/mol. The largest absolute Gasteiger partial charge is 0.478 e. The van der Waals surface area contributed by atoms with E-state index in [1.54, 1.807) is 16.8 Å². The molecule has 4 aromatic rings. The number of hydrogen-bond acceptors (Lipinski definition) is 2. The lowest BCUT2D eigenvalue weighted by Crippen LogP contribution is -2.03. The second-order valence-electron chi connectivity index (χ2n) is 6.14. The van der Waals surface area contributed by atoms with Gasteiger partial charge in [-0.1, -0.05) is 70.0 Å². The molecule has 0 radical (unpaired) electrons. The molecule has 0 saturated carbocycles. The molecular formula is C22H14BrClN2O2. The van der Waals surface area contributed by atoms with Crippen LogP contribution in [0.5, 0.6) is 0 Å². The average Bonchev–Trinajstić information content (AvgIpc) is 3.11. The molecule has 0 bridgehead atoms. The van der Waals surface area contributed by atoms with Gasteiger partial charge in [0.05, 0.1) is 11.4 Å². The van der Waals surface area contributed by atoms with Gasteiger partial charge in [0.15, 0.2) is 0 Å². The minimum Gasteiger partial charge on any atom is -0.478 e. The van der Waals surface area contributed by atoms with Crippen molar-refractivity contribution in [3.05, 3.63) is 93.9 Å². The summed E-state index contributed by atoms with van der Waals surface area (Å²) in [5.74, 6) is -1.03. The van der Waals surface area contributed by atoms with Crippen molar-refractivity contribution in [1.82, 2.24) is 9.78 Å². The summed E-state index contributed by atoms with van der Waals surface area (Å²) in [5, 5.41) is 15.3. The summed E-state index contributed by atoms with van der Waals surface area (Å²) >= 11 is 9.44. The Morgan fingerprint density at radius 2 is 1.54 bits per heavy atom. The number of carboxylic acid groups (broad SMARTS) is 1. The van der Waals surface area contributed by atoms with E-state index in [0.717, 1.165) is 21.3 Å². The van der Waals surface area contributed by atoms with Crippen LogP contribution in [0.3, 0.4) is 0 Å². The number of rotatable bonds is 4. The zero-order chi connectivity index (χ0) is 19.7. The number of benzene rings is 3. The van der Waals surface area contributed by atoms with E-state index < -0.39 is 5.97 Å². The number of hydrogen-bond donors (Lipinski definition) is 1. The van der Waals surface area contributed by atoms with Gasteiger partial charge >= 0.3 is 5.97 Å². The molecule has 1 N–H and O–H groups in total. The fourth-order valence-electron chi connectivity index (χ4n) is 3.06. The maximum absolute atomic E-state index is 12.3. The second kappa shape index (κ2) is 7.62. The van der Waals surface area contributed by atoms with Crippen LogP contribution in [0.1, 0.15) is 10.4 Å². The average molecular weight is 454 g/mol. The van der Waals surface area contributed by atoms with Crippen molar-refractivity contribution in [3.63, 3.8) is 0 Å². The van der Waals surface area contributed by atoms with Crippen LogP contribution in [0.15, 0.2) is 83.3 Å². The van der Waals surface area contributed by atoms with Crippen LogP contribution < -0.4 is 0 Å². The highest BCUT2D eigenvalue weighted by molar-refractivity contribution is 9.10. The SMILES string of the molecule is O=C(O)c1c(-c2ccc(Br)cc2)nn(-c2ccc(Cl)cc2)c1-c1ccccc1. The van der Waals surface area contributed by atoms with Gasteiger partial charge < -0.3 is 5.11 Å². The van der Waals surface area contributed by atoms with E-state index in [2.05, 4.69) is 21.0 Å². The Kier molecular flexibility index (Phi) is 5.03. The minimum atomic E-state index is -1.03. The molecule has 0 saturated heterocycles. The summed E-state index contributed by atoms with van der Waals surface area (Å²) in [6, 6.07) is 24.0. The third-order valence-corrected chi connectivity index (χ3v) is 5.12. The third-order valence-electron chi connectivity index (χ3n) is 4.34. The molecule has 28 heavy (non-hydrogen) atoms. The summed E-state index contributed by atoms with van der Waals surface area (Å²) in [6.45, 7) is 0. The molecule has 0 aliphatic rings. The van der Waals surface area contributed by atoms with E-state index in [4.69, 9.17) is 11.6 Å². The zero-order valence-electron chi connectivity index (χ0n) is 14.5. The number of carbonyl (C=O) groups is 1. The first-order chi connectivity index (χ1) is 13.5. The van der Waals surface area contributed by atoms with Gasteiger partial charge in [0.25, 0.3) is 0 Å². The fraction of sp³-hybridized carbons (Fsp3) is 0. The van der Waals surface area contributed by atoms with Gasteiger partial charge in [-0.25, -0.2) is 9.48 Å².